The van der Waals surface area contributed by atoms with Crippen LogP contribution in [0.3, 0.4) is 0 Å². The summed E-state index contributed by atoms with van der Waals surface area (Å²) in [7, 11) is 1.27. The lowest BCUT2D eigenvalue weighted by atomic mass is 10.1. The van der Waals surface area contributed by atoms with E-state index < -0.39 is 5.97 Å². The molecule has 4 rings (SSSR count). The molecule has 31 heavy (non-hydrogen) atoms. The minimum Gasteiger partial charge on any atom is -0.466 e. The maximum Gasteiger partial charge on any atom is 0.337 e. The number of rotatable bonds is 6. The number of aryl methyl sites for hydroxylation is 2. The molecule has 0 bridgehead atoms. The largest absolute Gasteiger partial charge is 0.466 e. The Hall–Kier alpha value is -3.65. The fourth-order valence-corrected chi connectivity index (χ4v) is 3.59. The Kier molecular flexibility index (Phi) is 5.48. The van der Waals surface area contributed by atoms with Gasteiger partial charge in [-0.3, -0.25) is 4.79 Å². The van der Waals surface area contributed by atoms with Crippen molar-refractivity contribution >= 4 is 28.7 Å². The first-order chi connectivity index (χ1) is 14.9. The summed E-state index contributed by atoms with van der Waals surface area (Å²) >= 11 is 0. The van der Waals surface area contributed by atoms with Gasteiger partial charge in [0, 0.05) is 17.8 Å². The third-order valence-corrected chi connectivity index (χ3v) is 5.20. The smallest absolute Gasteiger partial charge is 0.337 e. The monoisotopic (exact) mass is 421 g/mol. The van der Waals surface area contributed by atoms with Crippen molar-refractivity contribution in [3.8, 4) is 11.5 Å². The zero-order valence-corrected chi connectivity index (χ0v) is 17.6. The Bertz CT molecular complexity index is 1190. The highest BCUT2D eigenvalue weighted by Crippen LogP contribution is 2.31. The van der Waals surface area contributed by atoms with Crippen LogP contribution in [0.4, 0.5) is 5.69 Å². The quantitative estimate of drug-likeness (QED) is 0.590. The van der Waals surface area contributed by atoms with E-state index in [9.17, 15) is 14.7 Å². The highest BCUT2D eigenvalue weighted by Gasteiger charge is 2.34. The predicted octanol–water partition coefficient (Wildman–Crippen LogP) is 2.79. The van der Waals surface area contributed by atoms with Crippen LogP contribution >= 0.6 is 0 Å². The van der Waals surface area contributed by atoms with Crippen LogP contribution in [0.1, 0.15) is 11.1 Å². The number of oxazole rings is 1. The molecule has 0 radical (unpaired) electrons. The summed E-state index contributed by atoms with van der Waals surface area (Å²) in [4.78, 5) is 30.9. The van der Waals surface area contributed by atoms with Crippen molar-refractivity contribution in [2.24, 2.45) is 0 Å². The molecule has 1 aromatic heterocycles. The van der Waals surface area contributed by atoms with Crippen molar-refractivity contribution in [1.82, 2.24) is 9.88 Å². The molecular formula is C23H23N3O5. The Morgan fingerprint density at radius 3 is 2.68 bits per heavy atom. The van der Waals surface area contributed by atoms with Crippen LogP contribution in [-0.2, 0) is 14.3 Å². The van der Waals surface area contributed by atoms with Crippen LogP contribution in [0.2, 0.25) is 0 Å². The van der Waals surface area contributed by atoms with E-state index in [0.29, 0.717) is 22.7 Å². The number of amides is 1. The molecule has 0 spiro atoms. The minimum atomic E-state index is -0.586. The predicted molar refractivity (Wildman–Crippen MR) is 115 cm³/mol. The Balaban J connectivity index is 1.70. The minimum absolute atomic E-state index is 0.0805. The third kappa shape index (κ3) is 3.89. The Morgan fingerprint density at radius 2 is 2.00 bits per heavy atom. The van der Waals surface area contributed by atoms with Crippen molar-refractivity contribution in [2.45, 2.75) is 13.8 Å². The molecule has 0 unspecified atom stereocenters. The zero-order chi connectivity index (χ0) is 22.1. The molecule has 3 aromatic rings. The number of nitrogens with one attached hydrogen (secondary N) is 1. The second-order valence-electron chi connectivity index (χ2n) is 7.45. The molecule has 160 valence electrons. The van der Waals surface area contributed by atoms with Crippen LogP contribution < -0.4 is 5.32 Å². The van der Waals surface area contributed by atoms with Crippen molar-refractivity contribution in [1.29, 1.82) is 0 Å². The molecule has 8 heteroatoms. The third-order valence-electron chi connectivity index (χ3n) is 5.20. The van der Waals surface area contributed by atoms with E-state index in [1.54, 1.807) is 6.07 Å². The lowest BCUT2D eigenvalue weighted by Crippen LogP contribution is -2.31. The van der Waals surface area contributed by atoms with Gasteiger partial charge in [0.05, 0.1) is 25.8 Å². The van der Waals surface area contributed by atoms with Crippen molar-refractivity contribution in [3.63, 3.8) is 0 Å². The first kappa shape index (κ1) is 20.6. The van der Waals surface area contributed by atoms with Crippen LogP contribution in [0, 0.1) is 13.8 Å². The van der Waals surface area contributed by atoms with Crippen molar-refractivity contribution in [2.75, 3.05) is 32.1 Å². The lowest BCUT2D eigenvalue weighted by molar-refractivity contribution is -0.136. The Morgan fingerprint density at radius 1 is 1.26 bits per heavy atom. The first-order valence-corrected chi connectivity index (χ1v) is 9.88. The molecular weight excluding hydrogens is 398 g/mol. The van der Waals surface area contributed by atoms with Gasteiger partial charge in [-0.15, -0.1) is 0 Å². The fourth-order valence-electron chi connectivity index (χ4n) is 3.59. The van der Waals surface area contributed by atoms with E-state index in [1.165, 1.54) is 12.0 Å². The van der Waals surface area contributed by atoms with Crippen molar-refractivity contribution in [3.05, 3.63) is 58.8 Å². The Labute approximate surface area is 179 Å². The zero-order valence-electron chi connectivity index (χ0n) is 17.6. The summed E-state index contributed by atoms with van der Waals surface area (Å²) in [5.41, 5.74) is 5.11. The number of anilines is 1. The van der Waals surface area contributed by atoms with Gasteiger partial charge in [-0.05, 0) is 43.7 Å². The van der Waals surface area contributed by atoms with Gasteiger partial charge in [0.25, 0.3) is 5.91 Å². The molecule has 1 amide bonds. The number of esters is 1. The molecule has 0 fully saturated rings. The van der Waals surface area contributed by atoms with E-state index in [4.69, 9.17) is 9.15 Å². The van der Waals surface area contributed by atoms with Gasteiger partial charge < -0.3 is 24.5 Å². The molecule has 0 aliphatic carbocycles. The molecule has 2 heterocycles. The summed E-state index contributed by atoms with van der Waals surface area (Å²) in [5.74, 6) is -0.444. The maximum atomic E-state index is 12.7. The second-order valence-corrected chi connectivity index (χ2v) is 7.45. The van der Waals surface area contributed by atoms with Gasteiger partial charge in [0.15, 0.2) is 5.58 Å². The van der Waals surface area contributed by atoms with Crippen LogP contribution in [0.5, 0.6) is 0 Å². The number of hydrogen-bond acceptors (Lipinski definition) is 7. The van der Waals surface area contributed by atoms with E-state index in [0.717, 1.165) is 16.7 Å². The van der Waals surface area contributed by atoms with Gasteiger partial charge in [-0.2, -0.15) is 0 Å². The lowest BCUT2D eigenvalue weighted by Gasteiger charge is -2.15. The van der Waals surface area contributed by atoms with Gasteiger partial charge in [-0.25, -0.2) is 9.78 Å². The number of methoxy groups -OCH3 is 1. The molecule has 8 nitrogen and oxygen atoms in total. The number of ether oxygens (including phenoxy) is 1. The van der Waals surface area contributed by atoms with Gasteiger partial charge in [-0.1, -0.05) is 17.7 Å². The average Bonchev–Trinajstić information content (AvgIpc) is 3.31. The van der Waals surface area contributed by atoms with Crippen LogP contribution in [0.15, 0.2) is 52.1 Å². The van der Waals surface area contributed by atoms with Gasteiger partial charge in [0.2, 0.25) is 5.89 Å². The number of aliphatic hydroxyl groups excluding tert-OH is 1. The maximum absolute atomic E-state index is 12.7. The fraction of sp³-hybridized carbons (Fsp3) is 0.261. The van der Waals surface area contributed by atoms with Crippen molar-refractivity contribution < 1.29 is 23.8 Å². The number of hydrogen-bond donors (Lipinski definition) is 2. The summed E-state index contributed by atoms with van der Waals surface area (Å²) in [6.45, 7) is 3.92. The van der Waals surface area contributed by atoms with Gasteiger partial charge in [0.1, 0.15) is 11.2 Å². The number of nitrogens with zero attached hydrogens (tertiary/aromatic N) is 2. The number of aliphatic hydroxyl groups is 1. The molecule has 1 aliphatic heterocycles. The number of benzene rings is 2. The first-order valence-electron chi connectivity index (χ1n) is 9.88. The van der Waals surface area contributed by atoms with E-state index in [2.05, 4.69) is 10.3 Å². The molecule has 1 aliphatic rings. The molecule has 0 saturated heterocycles. The average molecular weight is 421 g/mol. The normalized spacial score (nSPS) is 13.9. The summed E-state index contributed by atoms with van der Waals surface area (Å²) in [6, 6.07) is 11.5. The molecule has 2 aromatic carbocycles. The topological polar surface area (TPSA) is 105 Å². The summed E-state index contributed by atoms with van der Waals surface area (Å²) < 4.78 is 10.8. The number of carbonyl (C=O) groups is 2. The molecule has 0 atom stereocenters. The number of β-amino-alcohol motifs (C(OH)–C–C–N with tert-alkyl or cyclic N) is 1. The van der Waals surface area contributed by atoms with Crippen LogP contribution in [-0.4, -0.2) is 53.7 Å². The number of aromatic nitrogens is 1. The molecule has 0 saturated carbocycles. The SMILES string of the molecule is COC(=O)C1=C(Nc2cc(C)c3oc(-c4ccc(C)cc4)nc3c2)C(=O)N(CCO)C1. The van der Waals surface area contributed by atoms with Crippen LogP contribution in [0.25, 0.3) is 22.6 Å². The van der Waals surface area contributed by atoms with E-state index >= 15 is 0 Å². The highest BCUT2D eigenvalue weighted by molar-refractivity contribution is 6.08. The summed E-state index contributed by atoms with van der Waals surface area (Å²) in [6.07, 6.45) is 0. The molecule has 2 N–H and O–H groups in total. The summed E-state index contributed by atoms with van der Waals surface area (Å²) in [5, 5.41) is 12.3. The highest BCUT2D eigenvalue weighted by atomic mass is 16.5. The van der Waals surface area contributed by atoms with Gasteiger partial charge >= 0.3 is 5.97 Å². The van der Waals surface area contributed by atoms with E-state index in [1.807, 2.05) is 44.2 Å². The standard InChI is InChI=1S/C23H23N3O5/c1-13-4-6-15(7-5-13)21-25-18-11-16(10-14(2)20(18)31-21)24-19-17(23(29)30-3)12-26(8-9-27)22(19)28/h4-7,10-11,24,27H,8-9,12H2,1-3H3. The second kappa shape index (κ2) is 8.23. The number of fused-ring (bicyclic) bond motifs is 1. The number of carbonyl (C=O) groups excluding carboxylic acids is 2. The van der Waals surface area contributed by atoms with E-state index in [-0.39, 0.29) is 36.9 Å².